The van der Waals surface area contributed by atoms with Gasteiger partial charge in [0.05, 0.1) is 0 Å². The maximum absolute atomic E-state index is 12.7. The molecule has 2 aliphatic heterocycles. The average Bonchev–Trinajstić information content (AvgIpc) is 2.54. The van der Waals surface area contributed by atoms with Crippen LogP contribution >= 0.6 is 0 Å². The number of alkyl halides is 2. The molecule has 2 fully saturated rings. The quantitative estimate of drug-likeness (QED) is 0.580. The Morgan fingerprint density at radius 3 is 2.69 bits per heavy atom. The highest BCUT2D eigenvalue weighted by atomic mass is 19.3. The minimum atomic E-state index is -2.95. The minimum Gasteiger partial charge on any atom is -0.361 e. The SMILES string of the molecule is O=C([C]1CCCO1)N1CCC1(F)F. The molecule has 2 heterocycles. The summed E-state index contributed by atoms with van der Waals surface area (Å²) in [6, 6.07) is -2.95. The van der Waals surface area contributed by atoms with Crippen LogP contribution < -0.4 is 0 Å². The van der Waals surface area contributed by atoms with Gasteiger partial charge in [-0.2, -0.15) is 8.78 Å². The summed E-state index contributed by atoms with van der Waals surface area (Å²) in [5.74, 6) is -0.631. The first-order chi connectivity index (χ1) is 6.11. The van der Waals surface area contributed by atoms with Crippen molar-refractivity contribution in [3.8, 4) is 0 Å². The topological polar surface area (TPSA) is 29.5 Å². The van der Waals surface area contributed by atoms with Crippen LogP contribution in [0.5, 0.6) is 0 Å². The van der Waals surface area contributed by atoms with Crippen LogP contribution in [-0.2, 0) is 9.53 Å². The van der Waals surface area contributed by atoms with Crippen molar-refractivity contribution in [1.29, 1.82) is 0 Å². The molecule has 0 aromatic rings. The normalized spacial score (nSPS) is 27.4. The standard InChI is InChI=1S/C8H10F2NO2/c9-8(10)3-4-11(8)7(12)6-2-1-5-13-6/h1-5H2. The van der Waals surface area contributed by atoms with Crippen molar-refractivity contribution >= 4 is 5.91 Å². The predicted molar refractivity (Wildman–Crippen MR) is 39.7 cm³/mol. The largest absolute Gasteiger partial charge is 0.361 e. The maximum atomic E-state index is 12.7. The molecule has 0 saturated carbocycles. The number of hydrogen-bond acceptors (Lipinski definition) is 2. The fraction of sp³-hybridized carbons (Fsp3) is 0.750. The fourth-order valence-electron chi connectivity index (χ4n) is 1.46. The highest BCUT2D eigenvalue weighted by molar-refractivity contribution is 5.89. The van der Waals surface area contributed by atoms with Gasteiger partial charge in [0.2, 0.25) is 0 Å². The Hall–Kier alpha value is -0.710. The summed E-state index contributed by atoms with van der Waals surface area (Å²) < 4.78 is 30.4. The lowest BCUT2D eigenvalue weighted by Crippen LogP contribution is -2.57. The number of halogens is 2. The summed E-state index contributed by atoms with van der Waals surface area (Å²) in [5, 5.41) is 0. The second-order valence-electron chi connectivity index (χ2n) is 3.25. The van der Waals surface area contributed by atoms with E-state index in [1.165, 1.54) is 0 Å². The van der Waals surface area contributed by atoms with Gasteiger partial charge in [-0.3, -0.25) is 9.69 Å². The van der Waals surface area contributed by atoms with Crippen LogP contribution in [-0.4, -0.2) is 30.0 Å². The fourth-order valence-corrected chi connectivity index (χ4v) is 1.46. The van der Waals surface area contributed by atoms with Crippen LogP contribution in [0.3, 0.4) is 0 Å². The Morgan fingerprint density at radius 1 is 1.54 bits per heavy atom. The third-order valence-corrected chi connectivity index (χ3v) is 2.34. The van der Waals surface area contributed by atoms with Crippen molar-refractivity contribution in [2.45, 2.75) is 25.3 Å². The number of likely N-dealkylation sites (tertiary alicyclic amines) is 1. The van der Waals surface area contributed by atoms with E-state index >= 15 is 0 Å². The van der Waals surface area contributed by atoms with E-state index in [1.54, 1.807) is 0 Å². The van der Waals surface area contributed by atoms with E-state index in [1.807, 2.05) is 0 Å². The van der Waals surface area contributed by atoms with Crippen LogP contribution in [0, 0.1) is 6.10 Å². The smallest absolute Gasteiger partial charge is 0.329 e. The van der Waals surface area contributed by atoms with Crippen molar-refractivity contribution in [2.75, 3.05) is 13.2 Å². The zero-order valence-electron chi connectivity index (χ0n) is 7.06. The summed E-state index contributed by atoms with van der Waals surface area (Å²) in [5.41, 5.74) is 0. The van der Waals surface area contributed by atoms with E-state index < -0.39 is 12.0 Å². The lowest BCUT2D eigenvalue weighted by atomic mass is 10.1. The second-order valence-corrected chi connectivity index (χ2v) is 3.25. The Morgan fingerprint density at radius 2 is 2.31 bits per heavy atom. The summed E-state index contributed by atoms with van der Waals surface area (Å²) in [6.45, 7) is 0.610. The van der Waals surface area contributed by atoms with E-state index in [-0.39, 0.29) is 19.1 Å². The Kier molecular flexibility index (Phi) is 1.98. The molecule has 2 rings (SSSR count). The summed E-state index contributed by atoms with van der Waals surface area (Å²) in [7, 11) is 0. The number of carbonyl (C=O) groups excluding carboxylic acids is 1. The van der Waals surface area contributed by atoms with Gasteiger partial charge >= 0.3 is 6.05 Å². The van der Waals surface area contributed by atoms with Crippen molar-refractivity contribution in [3.05, 3.63) is 6.10 Å². The average molecular weight is 190 g/mol. The van der Waals surface area contributed by atoms with Crippen LogP contribution in [0.4, 0.5) is 8.78 Å². The van der Waals surface area contributed by atoms with Crippen molar-refractivity contribution in [1.82, 2.24) is 4.90 Å². The van der Waals surface area contributed by atoms with E-state index in [9.17, 15) is 13.6 Å². The first-order valence-electron chi connectivity index (χ1n) is 4.30. The number of hydrogen-bond donors (Lipinski definition) is 0. The molecule has 0 aromatic heterocycles. The zero-order chi connectivity index (χ0) is 9.47. The van der Waals surface area contributed by atoms with Gasteiger partial charge in [-0.15, -0.1) is 0 Å². The highest BCUT2D eigenvalue weighted by Crippen LogP contribution is 2.36. The van der Waals surface area contributed by atoms with Crippen LogP contribution in [0.15, 0.2) is 0 Å². The van der Waals surface area contributed by atoms with Crippen LogP contribution in [0.1, 0.15) is 19.3 Å². The molecule has 1 amide bonds. The van der Waals surface area contributed by atoms with E-state index in [0.29, 0.717) is 17.9 Å². The molecule has 0 N–H and O–H groups in total. The van der Waals surface area contributed by atoms with Crippen LogP contribution in [0.25, 0.3) is 0 Å². The third-order valence-electron chi connectivity index (χ3n) is 2.34. The van der Waals surface area contributed by atoms with Crippen molar-refractivity contribution in [3.63, 3.8) is 0 Å². The van der Waals surface area contributed by atoms with Crippen molar-refractivity contribution in [2.24, 2.45) is 0 Å². The van der Waals surface area contributed by atoms with Gasteiger partial charge in [0, 0.05) is 19.6 Å². The third kappa shape index (κ3) is 1.41. The first-order valence-corrected chi connectivity index (χ1v) is 4.30. The Bertz CT molecular complexity index is 226. The molecular weight excluding hydrogens is 180 g/mol. The zero-order valence-corrected chi connectivity index (χ0v) is 7.06. The molecule has 1 radical (unpaired) electrons. The molecule has 2 saturated heterocycles. The first kappa shape index (κ1) is 8.87. The number of amides is 1. The molecule has 73 valence electrons. The lowest BCUT2D eigenvalue weighted by molar-refractivity contribution is -0.218. The molecule has 2 aliphatic rings. The van der Waals surface area contributed by atoms with Crippen LogP contribution in [0.2, 0.25) is 0 Å². The summed E-state index contributed by atoms with van der Waals surface area (Å²) in [6.07, 6.45) is 1.21. The molecular formula is C8H10F2NO2. The predicted octanol–water partition coefficient (Wildman–Crippen LogP) is 1.15. The molecule has 13 heavy (non-hydrogen) atoms. The van der Waals surface area contributed by atoms with Gasteiger partial charge in [0.1, 0.15) is 0 Å². The molecule has 3 nitrogen and oxygen atoms in total. The molecule has 0 spiro atoms. The molecule has 0 bridgehead atoms. The van der Waals surface area contributed by atoms with Gasteiger partial charge in [-0.25, -0.2) is 0 Å². The highest BCUT2D eigenvalue weighted by Gasteiger charge is 2.51. The number of rotatable bonds is 1. The Balaban J connectivity index is 1.97. The molecule has 5 heteroatoms. The van der Waals surface area contributed by atoms with E-state index in [0.717, 1.165) is 6.42 Å². The number of ether oxygens (including phenoxy) is 1. The van der Waals surface area contributed by atoms with E-state index in [4.69, 9.17) is 4.74 Å². The minimum absolute atomic E-state index is 0.138. The van der Waals surface area contributed by atoms with Gasteiger partial charge in [-0.1, -0.05) is 0 Å². The summed E-state index contributed by atoms with van der Waals surface area (Å²) >= 11 is 0. The van der Waals surface area contributed by atoms with Gasteiger partial charge < -0.3 is 4.74 Å². The van der Waals surface area contributed by atoms with E-state index in [2.05, 4.69) is 0 Å². The lowest BCUT2D eigenvalue weighted by Gasteiger charge is -2.40. The Labute approximate surface area is 74.6 Å². The van der Waals surface area contributed by atoms with Crippen molar-refractivity contribution < 1.29 is 18.3 Å². The number of carbonyl (C=O) groups is 1. The molecule has 0 unspecified atom stereocenters. The summed E-state index contributed by atoms with van der Waals surface area (Å²) in [4.78, 5) is 11.9. The van der Waals surface area contributed by atoms with Gasteiger partial charge in [0.15, 0.2) is 6.10 Å². The maximum Gasteiger partial charge on any atom is 0.329 e. The second kappa shape index (κ2) is 2.90. The number of nitrogens with zero attached hydrogens (tertiary/aromatic N) is 1. The molecule has 0 aliphatic carbocycles. The van der Waals surface area contributed by atoms with Gasteiger partial charge in [0.25, 0.3) is 5.91 Å². The molecule has 0 atom stereocenters. The molecule has 0 aromatic carbocycles. The van der Waals surface area contributed by atoms with Gasteiger partial charge in [-0.05, 0) is 12.8 Å². The monoisotopic (exact) mass is 190 g/mol.